The fraction of sp³-hybridized carbons (Fsp3) is 0.519. The number of hydrogen-bond donors (Lipinski definition) is 2. The van der Waals surface area contributed by atoms with E-state index in [1.54, 1.807) is 18.2 Å². The third kappa shape index (κ3) is 7.01. The molecule has 0 saturated heterocycles. The standard InChI is InChI=1S/C27H35ClFNO4/c1-27(2,20-10-7-11-21(28)17-20)24(19-12-14-22(29)15-13-19)34-26(32)30-23(25(31)33-3)16-18-8-5-4-6-9-18/h7,10-15,17-18,23-24,26,30,32H,4-6,8-9,16H2,1-3H3/t23-,24?,26?/m0/s1. The Labute approximate surface area is 206 Å². The Morgan fingerprint density at radius 1 is 1.18 bits per heavy atom. The van der Waals surface area contributed by atoms with Crippen molar-refractivity contribution in [1.82, 2.24) is 5.32 Å². The molecule has 2 aromatic rings. The Balaban J connectivity index is 1.82. The van der Waals surface area contributed by atoms with Crippen LogP contribution in [0.5, 0.6) is 0 Å². The average Bonchev–Trinajstić information content (AvgIpc) is 2.83. The zero-order chi connectivity index (χ0) is 24.7. The van der Waals surface area contributed by atoms with Crippen LogP contribution in [0.1, 0.15) is 69.6 Å². The average molecular weight is 492 g/mol. The molecule has 5 nitrogen and oxygen atoms in total. The van der Waals surface area contributed by atoms with Crippen molar-refractivity contribution in [2.75, 3.05) is 7.11 Å². The van der Waals surface area contributed by atoms with E-state index in [-0.39, 0.29) is 5.82 Å². The maximum absolute atomic E-state index is 13.6. The number of rotatable bonds is 10. The monoisotopic (exact) mass is 491 g/mol. The van der Waals surface area contributed by atoms with Gasteiger partial charge in [0.2, 0.25) is 6.41 Å². The van der Waals surface area contributed by atoms with Crippen LogP contribution >= 0.6 is 11.6 Å². The van der Waals surface area contributed by atoms with Crippen molar-refractivity contribution in [3.63, 3.8) is 0 Å². The van der Waals surface area contributed by atoms with Crippen molar-refractivity contribution in [2.45, 2.75) is 76.3 Å². The zero-order valence-corrected chi connectivity index (χ0v) is 20.9. The van der Waals surface area contributed by atoms with Crippen LogP contribution in [-0.2, 0) is 19.7 Å². The van der Waals surface area contributed by atoms with Gasteiger partial charge in [-0.3, -0.25) is 10.1 Å². The minimum Gasteiger partial charge on any atom is -0.468 e. The summed E-state index contributed by atoms with van der Waals surface area (Å²) < 4.78 is 24.7. The number of methoxy groups -OCH3 is 1. The molecule has 3 atom stereocenters. The summed E-state index contributed by atoms with van der Waals surface area (Å²) in [7, 11) is 1.34. The molecule has 0 amide bonds. The SMILES string of the molecule is COC(=O)[C@H](CC1CCCCC1)NC(O)OC(c1ccc(F)cc1)C(C)(C)c1cccc(Cl)c1. The number of benzene rings is 2. The molecule has 0 bridgehead atoms. The van der Waals surface area contributed by atoms with Crippen LogP contribution in [0, 0.1) is 11.7 Å². The molecule has 0 spiro atoms. The summed E-state index contributed by atoms with van der Waals surface area (Å²) in [6.07, 6.45) is 4.11. The van der Waals surface area contributed by atoms with Gasteiger partial charge in [0.1, 0.15) is 11.9 Å². The fourth-order valence-corrected chi connectivity index (χ4v) is 5.00. The molecule has 3 rings (SSSR count). The normalized spacial score (nSPS) is 17.7. The molecule has 0 aromatic heterocycles. The lowest BCUT2D eigenvalue weighted by atomic mass is 9.76. The number of hydrogen-bond acceptors (Lipinski definition) is 5. The Bertz CT molecular complexity index is 930. The molecular formula is C27H35ClFNO4. The molecule has 0 aliphatic heterocycles. The molecule has 0 radical (unpaired) electrons. The van der Waals surface area contributed by atoms with Crippen molar-refractivity contribution >= 4 is 17.6 Å². The predicted molar refractivity (Wildman–Crippen MR) is 131 cm³/mol. The molecule has 1 fully saturated rings. The molecule has 186 valence electrons. The maximum atomic E-state index is 13.6. The number of aliphatic hydroxyl groups is 1. The summed E-state index contributed by atoms with van der Waals surface area (Å²) in [5.41, 5.74) is 0.942. The topological polar surface area (TPSA) is 67.8 Å². The molecule has 1 saturated carbocycles. The van der Waals surface area contributed by atoms with Gasteiger partial charge in [0.05, 0.1) is 13.2 Å². The highest BCUT2D eigenvalue weighted by atomic mass is 35.5. The first-order valence-corrected chi connectivity index (χ1v) is 12.3. The summed E-state index contributed by atoms with van der Waals surface area (Å²) in [5.74, 6) is -0.394. The fourth-order valence-electron chi connectivity index (χ4n) is 4.81. The lowest BCUT2D eigenvalue weighted by molar-refractivity contribution is -0.183. The zero-order valence-electron chi connectivity index (χ0n) is 20.1. The number of esters is 1. The van der Waals surface area contributed by atoms with Gasteiger partial charge in [-0.2, -0.15) is 0 Å². The largest absolute Gasteiger partial charge is 0.468 e. The van der Waals surface area contributed by atoms with E-state index in [2.05, 4.69) is 5.32 Å². The van der Waals surface area contributed by atoms with E-state index in [9.17, 15) is 14.3 Å². The third-order valence-corrected chi connectivity index (χ3v) is 7.02. The minimum absolute atomic E-state index is 0.361. The highest BCUT2D eigenvalue weighted by Gasteiger charge is 2.36. The number of halogens is 2. The van der Waals surface area contributed by atoms with E-state index in [4.69, 9.17) is 21.1 Å². The first-order chi connectivity index (χ1) is 16.2. The maximum Gasteiger partial charge on any atom is 0.323 e. The van der Waals surface area contributed by atoms with E-state index in [1.165, 1.54) is 25.7 Å². The summed E-state index contributed by atoms with van der Waals surface area (Å²) >= 11 is 6.24. The highest BCUT2D eigenvalue weighted by molar-refractivity contribution is 6.30. The lowest BCUT2D eigenvalue weighted by Crippen LogP contribution is -2.48. The summed E-state index contributed by atoms with van der Waals surface area (Å²) in [5, 5.41) is 14.4. The van der Waals surface area contributed by atoms with Crippen LogP contribution in [0.4, 0.5) is 4.39 Å². The van der Waals surface area contributed by atoms with E-state index >= 15 is 0 Å². The molecule has 1 aliphatic rings. The van der Waals surface area contributed by atoms with Gasteiger partial charge in [0.25, 0.3) is 0 Å². The van der Waals surface area contributed by atoms with Gasteiger partial charge in [-0.05, 0) is 47.7 Å². The van der Waals surface area contributed by atoms with Crippen LogP contribution in [0.2, 0.25) is 5.02 Å². The molecular weight excluding hydrogens is 457 g/mol. The van der Waals surface area contributed by atoms with E-state index in [1.807, 2.05) is 32.0 Å². The number of carbonyl (C=O) groups is 1. The first kappa shape index (κ1) is 26.6. The van der Waals surface area contributed by atoms with Crippen molar-refractivity contribution in [3.8, 4) is 0 Å². The highest BCUT2D eigenvalue weighted by Crippen LogP contribution is 2.41. The molecule has 7 heteroatoms. The molecule has 2 aromatic carbocycles. The Hall–Kier alpha value is -1.99. The molecule has 2 N–H and O–H groups in total. The molecule has 34 heavy (non-hydrogen) atoms. The summed E-state index contributed by atoms with van der Waals surface area (Å²) in [6.45, 7) is 3.94. The van der Waals surface area contributed by atoms with Gasteiger partial charge >= 0.3 is 5.97 Å². The number of aliphatic hydroxyl groups excluding tert-OH is 1. The van der Waals surface area contributed by atoms with Crippen LogP contribution in [0.25, 0.3) is 0 Å². The molecule has 0 heterocycles. The van der Waals surface area contributed by atoms with Gasteiger partial charge in [-0.25, -0.2) is 4.39 Å². The van der Waals surface area contributed by atoms with Crippen molar-refractivity contribution < 1.29 is 23.8 Å². The lowest BCUT2D eigenvalue weighted by Gasteiger charge is -2.37. The van der Waals surface area contributed by atoms with Crippen LogP contribution in [-0.4, -0.2) is 30.6 Å². The van der Waals surface area contributed by atoms with Crippen molar-refractivity contribution in [2.24, 2.45) is 5.92 Å². The number of ether oxygens (including phenoxy) is 2. The van der Waals surface area contributed by atoms with Crippen LogP contribution < -0.4 is 5.32 Å². The van der Waals surface area contributed by atoms with Gasteiger partial charge in [-0.15, -0.1) is 0 Å². The van der Waals surface area contributed by atoms with E-state index in [0.29, 0.717) is 22.9 Å². The Morgan fingerprint density at radius 3 is 2.47 bits per heavy atom. The van der Waals surface area contributed by atoms with E-state index < -0.39 is 29.9 Å². The van der Waals surface area contributed by atoms with Gasteiger partial charge < -0.3 is 14.6 Å². The Morgan fingerprint density at radius 2 is 1.85 bits per heavy atom. The Kier molecular flexibility index (Phi) is 9.48. The molecule has 1 aliphatic carbocycles. The first-order valence-electron chi connectivity index (χ1n) is 11.9. The van der Waals surface area contributed by atoms with Crippen molar-refractivity contribution in [3.05, 3.63) is 70.5 Å². The van der Waals surface area contributed by atoms with Crippen LogP contribution in [0.3, 0.4) is 0 Å². The quantitative estimate of drug-likeness (QED) is 0.320. The molecule has 2 unspecified atom stereocenters. The van der Waals surface area contributed by atoms with Gasteiger partial charge in [0.15, 0.2) is 0 Å². The van der Waals surface area contributed by atoms with Crippen molar-refractivity contribution in [1.29, 1.82) is 0 Å². The second-order valence-electron chi connectivity index (χ2n) is 9.63. The van der Waals surface area contributed by atoms with Crippen LogP contribution in [0.15, 0.2) is 48.5 Å². The smallest absolute Gasteiger partial charge is 0.323 e. The second-order valence-corrected chi connectivity index (χ2v) is 10.1. The number of nitrogens with one attached hydrogen (secondary N) is 1. The van der Waals surface area contributed by atoms with Gasteiger partial charge in [-0.1, -0.05) is 81.8 Å². The summed E-state index contributed by atoms with van der Waals surface area (Å²) in [6, 6.07) is 12.7. The third-order valence-electron chi connectivity index (χ3n) is 6.79. The van der Waals surface area contributed by atoms with E-state index in [0.717, 1.165) is 31.2 Å². The minimum atomic E-state index is -1.44. The summed E-state index contributed by atoms with van der Waals surface area (Å²) in [4.78, 5) is 12.5. The predicted octanol–water partition coefficient (Wildman–Crippen LogP) is 5.89. The number of carbonyl (C=O) groups excluding carboxylic acids is 1. The second kappa shape index (κ2) is 12.1. The van der Waals surface area contributed by atoms with Gasteiger partial charge in [0, 0.05) is 10.4 Å².